The van der Waals surface area contributed by atoms with Crippen molar-refractivity contribution in [2.24, 2.45) is 0 Å². The highest BCUT2D eigenvalue weighted by Crippen LogP contribution is 2.38. The van der Waals surface area contributed by atoms with E-state index < -0.39 is 0 Å². The van der Waals surface area contributed by atoms with Crippen molar-refractivity contribution < 1.29 is 9.18 Å². The van der Waals surface area contributed by atoms with Gasteiger partial charge in [0.25, 0.3) is 0 Å². The molecule has 0 saturated carbocycles. The number of thioether (sulfide) groups is 1. The lowest BCUT2D eigenvalue weighted by molar-refractivity contribution is 0.0989. The minimum Gasteiger partial charge on any atom is -0.293 e. The zero-order valence-corrected chi connectivity index (χ0v) is 15.0. The molecule has 0 unspecified atom stereocenters. The first-order valence-electron chi connectivity index (χ1n) is 8.12. The first-order chi connectivity index (χ1) is 12.0. The molecule has 1 nitrogen and oxygen atoms in total. The third-order valence-corrected chi connectivity index (χ3v) is 5.29. The fourth-order valence-electron chi connectivity index (χ4n) is 2.53. The largest absolute Gasteiger partial charge is 0.293 e. The van der Waals surface area contributed by atoms with Crippen LogP contribution in [0.3, 0.4) is 0 Å². The lowest BCUT2D eigenvalue weighted by Crippen LogP contribution is -2.10. The fraction of sp³-hybridized carbons (Fsp3) is 0.136. The maximum absolute atomic E-state index is 13.2. The van der Waals surface area contributed by atoms with E-state index in [2.05, 4.69) is 0 Å². The van der Waals surface area contributed by atoms with Crippen LogP contribution in [0.5, 0.6) is 0 Å². The second-order valence-electron chi connectivity index (χ2n) is 6.09. The molecular formula is C22H19FOS. The summed E-state index contributed by atoms with van der Waals surface area (Å²) in [5.74, 6) is -0.223. The van der Waals surface area contributed by atoms with Gasteiger partial charge in [0.2, 0.25) is 0 Å². The molecule has 0 bridgehead atoms. The first kappa shape index (κ1) is 17.4. The maximum atomic E-state index is 13.2. The van der Waals surface area contributed by atoms with Gasteiger partial charge < -0.3 is 0 Å². The van der Waals surface area contributed by atoms with Crippen LogP contribution in [0.15, 0.2) is 77.7 Å². The minimum atomic E-state index is -0.367. The zero-order chi connectivity index (χ0) is 17.8. The van der Waals surface area contributed by atoms with Crippen LogP contribution in [-0.4, -0.2) is 5.78 Å². The molecule has 3 heteroatoms. The molecule has 0 heterocycles. The average Bonchev–Trinajstić information content (AvgIpc) is 2.62. The van der Waals surface area contributed by atoms with Crippen molar-refractivity contribution in [3.63, 3.8) is 0 Å². The predicted molar refractivity (Wildman–Crippen MR) is 102 cm³/mol. The van der Waals surface area contributed by atoms with E-state index in [0.717, 1.165) is 21.6 Å². The summed E-state index contributed by atoms with van der Waals surface area (Å²) >= 11 is 1.45. The summed E-state index contributed by atoms with van der Waals surface area (Å²) in [6.45, 7) is 4.02. The van der Waals surface area contributed by atoms with E-state index in [0.29, 0.717) is 5.56 Å². The Bertz CT molecular complexity index is 852. The van der Waals surface area contributed by atoms with Crippen LogP contribution in [0, 0.1) is 19.7 Å². The van der Waals surface area contributed by atoms with Gasteiger partial charge in [-0.15, -0.1) is 11.8 Å². The van der Waals surface area contributed by atoms with Crippen LogP contribution in [0.1, 0.15) is 32.3 Å². The molecule has 0 fully saturated rings. The van der Waals surface area contributed by atoms with Crippen LogP contribution >= 0.6 is 11.8 Å². The molecule has 3 rings (SSSR count). The number of halogens is 1. The third-order valence-electron chi connectivity index (χ3n) is 4.02. The number of carbonyl (C=O) groups excluding carboxylic acids is 1. The van der Waals surface area contributed by atoms with E-state index in [1.165, 1.54) is 23.9 Å². The fourth-order valence-corrected chi connectivity index (χ4v) is 3.63. The zero-order valence-electron chi connectivity index (χ0n) is 14.2. The summed E-state index contributed by atoms with van der Waals surface area (Å²) in [4.78, 5) is 14.0. The standard InChI is InChI=1S/C22H19FOS/c1-15-3-7-17(8-4-15)21(24)22(18-9-5-16(2)6-10-18)25-20-13-11-19(23)12-14-20/h3-14,22H,1-2H3/t22-/m0/s1. The van der Waals surface area contributed by atoms with Crippen molar-refractivity contribution in [2.45, 2.75) is 24.0 Å². The molecule has 0 saturated heterocycles. The van der Waals surface area contributed by atoms with Crippen molar-refractivity contribution in [3.8, 4) is 0 Å². The Kier molecular flexibility index (Phi) is 5.34. The highest BCUT2D eigenvalue weighted by atomic mass is 32.2. The molecule has 3 aromatic rings. The number of rotatable bonds is 5. The Hall–Kier alpha value is -2.39. The van der Waals surface area contributed by atoms with Crippen LogP contribution in [0.25, 0.3) is 0 Å². The van der Waals surface area contributed by atoms with Gasteiger partial charge in [-0.1, -0.05) is 59.7 Å². The molecule has 0 N–H and O–H groups in total. The number of hydrogen-bond acceptors (Lipinski definition) is 2. The predicted octanol–water partition coefficient (Wildman–Crippen LogP) is 6.16. The van der Waals surface area contributed by atoms with E-state index in [-0.39, 0.29) is 16.9 Å². The lowest BCUT2D eigenvalue weighted by Gasteiger charge is -2.17. The van der Waals surface area contributed by atoms with Crippen molar-refractivity contribution in [1.29, 1.82) is 0 Å². The maximum Gasteiger partial charge on any atom is 0.180 e. The Morgan fingerprint density at radius 1 is 0.800 bits per heavy atom. The van der Waals surface area contributed by atoms with Gasteiger partial charge in [-0.25, -0.2) is 4.39 Å². The van der Waals surface area contributed by atoms with Gasteiger partial charge in [0.05, 0.1) is 5.25 Å². The van der Waals surface area contributed by atoms with Gasteiger partial charge in [-0.05, 0) is 43.7 Å². The molecule has 0 radical (unpaired) electrons. The van der Waals surface area contributed by atoms with E-state index in [4.69, 9.17) is 0 Å². The topological polar surface area (TPSA) is 17.1 Å². The molecule has 0 spiro atoms. The van der Waals surface area contributed by atoms with Crippen molar-refractivity contribution in [1.82, 2.24) is 0 Å². The molecule has 0 aliphatic rings. The van der Waals surface area contributed by atoms with E-state index >= 15 is 0 Å². The smallest absolute Gasteiger partial charge is 0.180 e. The third kappa shape index (κ3) is 4.37. The van der Waals surface area contributed by atoms with Gasteiger partial charge >= 0.3 is 0 Å². The van der Waals surface area contributed by atoms with E-state index in [9.17, 15) is 9.18 Å². The number of benzene rings is 3. The van der Waals surface area contributed by atoms with E-state index in [1.807, 2.05) is 62.4 Å². The summed E-state index contributed by atoms with van der Waals surface area (Å²) in [5, 5.41) is -0.367. The van der Waals surface area contributed by atoms with Gasteiger partial charge in [-0.2, -0.15) is 0 Å². The molecule has 0 aromatic heterocycles. The van der Waals surface area contributed by atoms with Gasteiger partial charge in [-0.3, -0.25) is 4.79 Å². The second kappa shape index (κ2) is 7.66. The molecule has 0 aliphatic heterocycles. The lowest BCUT2D eigenvalue weighted by atomic mass is 10.0. The number of hydrogen-bond donors (Lipinski definition) is 0. The Morgan fingerprint density at radius 2 is 1.32 bits per heavy atom. The number of aryl methyl sites for hydroxylation is 2. The minimum absolute atomic E-state index is 0.0539. The summed E-state index contributed by atoms with van der Waals surface area (Å²) in [6.07, 6.45) is 0. The van der Waals surface area contributed by atoms with Gasteiger partial charge in [0.15, 0.2) is 5.78 Å². The Balaban J connectivity index is 1.95. The van der Waals surface area contributed by atoms with Crippen LogP contribution in [0.4, 0.5) is 4.39 Å². The summed E-state index contributed by atoms with van der Waals surface area (Å²) < 4.78 is 13.2. The highest BCUT2D eigenvalue weighted by molar-refractivity contribution is 8.00. The van der Waals surface area contributed by atoms with Crippen LogP contribution in [0.2, 0.25) is 0 Å². The molecular weight excluding hydrogens is 331 g/mol. The van der Waals surface area contributed by atoms with Gasteiger partial charge in [0, 0.05) is 10.5 Å². The summed E-state index contributed by atoms with van der Waals surface area (Å²) in [5.41, 5.74) is 3.91. The average molecular weight is 350 g/mol. The second-order valence-corrected chi connectivity index (χ2v) is 7.27. The van der Waals surface area contributed by atoms with E-state index in [1.54, 1.807) is 12.1 Å². The van der Waals surface area contributed by atoms with Crippen molar-refractivity contribution >= 4 is 17.5 Å². The number of Topliss-reactive ketones (excluding diaryl/α,β-unsaturated/α-hetero) is 1. The van der Waals surface area contributed by atoms with Crippen LogP contribution < -0.4 is 0 Å². The van der Waals surface area contributed by atoms with Gasteiger partial charge in [0.1, 0.15) is 5.82 Å². The molecule has 1 atom stereocenters. The number of ketones is 1. The Morgan fingerprint density at radius 3 is 1.88 bits per heavy atom. The monoisotopic (exact) mass is 350 g/mol. The SMILES string of the molecule is Cc1ccc(C(=O)[C@@H](Sc2ccc(F)cc2)c2ccc(C)cc2)cc1. The molecule has 25 heavy (non-hydrogen) atoms. The Labute approximate surface area is 151 Å². The molecule has 3 aromatic carbocycles. The quantitative estimate of drug-likeness (QED) is 0.405. The van der Waals surface area contributed by atoms with Crippen molar-refractivity contribution in [3.05, 3.63) is 101 Å². The summed E-state index contributed by atoms with van der Waals surface area (Å²) in [6, 6.07) is 21.9. The molecule has 126 valence electrons. The molecule has 0 amide bonds. The first-order valence-corrected chi connectivity index (χ1v) is 9.00. The van der Waals surface area contributed by atoms with Crippen molar-refractivity contribution in [2.75, 3.05) is 0 Å². The number of carbonyl (C=O) groups is 1. The normalized spacial score (nSPS) is 12.0. The summed E-state index contributed by atoms with van der Waals surface area (Å²) in [7, 11) is 0. The van der Waals surface area contributed by atoms with Crippen LogP contribution in [-0.2, 0) is 0 Å². The highest BCUT2D eigenvalue weighted by Gasteiger charge is 2.23. The molecule has 0 aliphatic carbocycles.